The highest BCUT2D eigenvalue weighted by atomic mass is 35.5. The van der Waals surface area contributed by atoms with E-state index in [1.807, 2.05) is 0 Å². The first-order valence-corrected chi connectivity index (χ1v) is 10.3. The Balaban J connectivity index is 1.80. The molecular formula is C18H11ClF5N3O4S. The van der Waals surface area contributed by atoms with Gasteiger partial charge in [0.2, 0.25) is 15.8 Å². The largest absolute Gasteiger partial charge is 0.468 e. The lowest BCUT2D eigenvalue weighted by Gasteiger charge is -2.13. The molecule has 0 radical (unpaired) electrons. The van der Waals surface area contributed by atoms with Crippen LogP contribution in [0.15, 0.2) is 45.9 Å². The molecule has 2 aromatic carbocycles. The quantitative estimate of drug-likeness (QED) is 0.200. The summed E-state index contributed by atoms with van der Waals surface area (Å²) in [6, 6.07) is 6.04. The normalized spacial score (nSPS) is 11.4. The standard InChI is InChI=1S/C18H11ClF5N3O4S/c19-10-4-3-8(6-11(10)32(29,30)25-7-9-2-1-5-31-9)18(28)27-26-17-15(23)13(21)12(20)14(22)16(17)24/h1-6,25-26H,7H2,(H,27,28). The van der Waals surface area contributed by atoms with E-state index >= 15 is 0 Å². The number of rotatable bonds is 7. The fourth-order valence-electron chi connectivity index (χ4n) is 2.41. The van der Waals surface area contributed by atoms with Crippen molar-refractivity contribution in [3.63, 3.8) is 0 Å². The molecule has 3 N–H and O–H groups in total. The van der Waals surface area contributed by atoms with Gasteiger partial charge in [0.15, 0.2) is 23.3 Å². The molecule has 170 valence electrons. The Hall–Kier alpha value is -3.16. The summed E-state index contributed by atoms with van der Waals surface area (Å²) >= 11 is 5.90. The van der Waals surface area contributed by atoms with Crippen molar-refractivity contribution in [1.29, 1.82) is 0 Å². The monoisotopic (exact) mass is 495 g/mol. The molecule has 0 saturated carbocycles. The first-order valence-electron chi connectivity index (χ1n) is 8.42. The number of sulfonamides is 1. The van der Waals surface area contributed by atoms with Gasteiger partial charge in [-0.1, -0.05) is 11.6 Å². The van der Waals surface area contributed by atoms with Gasteiger partial charge in [0, 0.05) is 5.56 Å². The lowest BCUT2D eigenvalue weighted by Crippen LogP contribution is -2.31. The summed E-state index contributed by atoms with van der Waals surface area (Å²) < 4.78 is 99.1. The number of anilines is 1. The van der Waals surface area contributed by atoms with Crippen LogP contribution in [0.3, 0.4) is 0 Å². The molecule has 0 aliphatic rings. The van der Waals surface area contributed by atoms with Crippen LogP contribution in [0, 0.1) is 29.1 Å². The van der Waals surface area contributed by atoms with Gasteiger partial charge in [0.05, 0.1) is 17.8 Å². The van der Waals surface area contributed by atoms with Crippen LogP contribution in [0.4, 0.5) is 27.6 Å². The second-order valence-corrected chi connectivity index (χ2v) is 8.22. The van der Waals surface area contributed by atoms with E-state index < -0.39 is 55.6 Å². The van der Waals surface area contributed by atoms with Crippen molar-refractivity contribution in [1.82, 2.24) is 10.1 Å². The zero-order chi connectivity index (χ0) is 23.6. The molecule has 14 heteroatoms. The molecule has 0 spiro atoms. The number of carbonyl (C=O) groups excluding carboxylic acids is 1. The van der Waals surface area contributed by atoms with Gasteiger partial charge in [-0.15, -0.1) is 0 Å². The Morgan fingerprint density at radius 3 is 2.19 bits per heavy atom. The van der Waals surface area contributed by atoms with E-state index in [0.29, 0.717) is 5.76 Å². The predicted molar refractivity (Wildman–Crippen MR) is 102 cm³/mol. The van der Waals surface area contributed by atoms with Gasteiger partial charge in [-0.05, 0) is 30.3 Å². The van der Waals surface area contributed by atoms with E-state index in [1.165, 1.54) is 12.3 Å². The number of hydrogen-bond acceptors (Lipinski definition) is 5. The van der Waals surface area contributed by atoms with Crippen molar-refractivity contribution >= 4 is 33.2 Å². The zero-order valence-corrected chi connectivity index (χ0v) is 17.1. The Morgan fingerprint density at radius 1 is 0.969 bits per heavy atom. The first kappa shape index (κ1) is 23.5. The van der Waals surface area contributed by atoms with Gasteiger partial charge < -0.3 is 4.42 Å². The van der Waals surface area contributed by atoms with Crippen LogP contribution in [0.25, 0.3) is 0 Å². The van der Waals surface area contributed by atoms with Crippen molar-refractivity contribution < 1.29 is 39.6 Å². The third kappa shape index (κ3) is 4.69. The average molecular weight is 496 g/mol. The second-order valence-electron chi connectivity index (χ2n) is 6.07. The number of furan rings is 1. The number of hydrogen-bond donors (Lipinski definition) is 3. The highest BCUT2D eigenvalue weighted by Gasteiger charge is 2.26. The molecule has 0 saturated heterocycles. The van der Waals surface area contributed by atoms with E-state index in [1.54, 1.807) is 16.9 Å². The molecule has 32 heavy (non-hydrogen) atoms. The Bertz CT molecular complexity index is 1260. The zero-order valence-electron chi connectivity index (χ0n) is 15.5. The lowest BCUT2D eigenvalue weighted by atomic mass is 10.2. The molecule has 0 aliphatic carbocycles. The summed E-state index contributed by atoms with van der Waals surface area (Å²) in [6.45, 7) is -0.218. The Morgan fingerprint density at radius 2 is 1.59 bits per heavy atom. The molecule has 3 aromatic rings. The Labute approximate surface area is 182 Å². The minimum Gasteiger partial charge on any atom is -0.468 e. The van der Waals surface area contributed by atoms with E-state index in [9.17, 15) is 35.2 Å². The second kappa shape index (κ2) is 9.14. The molecule has 3 rings (SSSR count). The summed E-state index contributed by atoms with van der Waals surface area (Å²) in [6.07, 6.45) is 1.33. The maximum atomic E-state index is 13.7. The van der Waals surface area contributed by atoms with Crippen LogP contribution in [0.1, 0.15) is 16.1 Å². The van der Waals surface area contributed by atoms with Gasteiger partial charge in [-0.3, -0.25) is 15.6 Å². The smallest absolute Gasteiger partial charge is 0.269 e. The van der Waals surface area contributed by atoms with E-state index in [0.717, 1.165) is 18.2 Å². The topological polar surface area (TPSA) is 100 Å². The number of benzene rings is 2. The molecule has 0 bridgehead atoms. The molecule has 1 amide bonds. The summed E-state index contributed by atoms with van der Waals surface area (Å²) in [7, 11) is -4.22. The number of hydrazine groups is 1. The van der Waals surface area contributed by atoms with Crippen molar-refractivity contribution in [2.45, 2.75) is 11.4 Å². The van der Waals surface area contributed by atoms with E-state index in [4.69, 9.17) is 16.0 Å². The van der Waals surface area contributed by atoms with Crippen LogP contribution in [-0.4, -0.2) is 14.3 Å². The number of halogens is 6. The minimum atomic E-state index is -4.22. The molecular weight excluding hydrogens is 485 g/mol. The van der Waals surface area contributed by atoms with Gasteiger partial charge in [-0.2, -0.15) is 0 Å². The number of carbonyl (C=O) groups is 1. The molecule has 1 aromatic heterocycles. The molecule has 0 atom stereocenters. The predicted octanol–water partition coefficient (Wildman–Crippen LogP) is 3.86. The number of amides is 1. The molecule has 1 heterocycles. The van der Waals surface area contributed by atoms with Crippen molar-refractivity contribution in [2.75, 3.05) is 5.43 Å². The maximum Gasteiger partial charge on any atom is 0.269 e. The highest BCUT2D eigenvalue weighted by molar-refractivity contribution is 7.89. The van der Waals surface area contributed by atoms with Gasteiger partial charge >= 0.3 is 0 Å². The fraction of sp³-hybridized carbons (Fsp3) is 0.0556. The number of nitrogens with one attached hydrogen (secondary N) is 3. The van der Waals surface area contributed by atoms with E-state index in [2.05, 4.69) is 4.72 Å². The first-order chi connectivity index (χ1) is 15.0. The maximum absolute atomic E-state index is 13.7. The summed E-state index contributed by atoms with van der Waals surface area (Å²) in [5.74, 6) is -12.1. The summed E-state index contributed by atoms with van der Waals surface area (Å²) in [5.41, 5.74) is 1.46. The van der Waals surface area contributed by atoms with Gasteiger partial charge in [0.1, 0.15) is 16.3 Å². The summed E-state index contributed by atoms with van der Waals surface area (Å²) in [5, 5.41) is -0.249. The van der Waals surface area contributed by atoms with Crippen LogP contribution in [0.2, 0.25) is 5.02 Å². The fourth-order valence-corrected chi connectivity index (χ4v) is 3.93. The minimum absolute atomic E-state index is 0.218. The third-order valence-electron chi connectivity index (χ3n) is 4.01. The van der Waals surface area contributed by atoms with E-state index in [-0.39, 0.29) is 17.1 Å². The Kier molecular flexibility index (Phi) is 6.71. The SMILES string of the molecule is O=C(NNc1c(F)c(F)c(F)c(F)c1F)c1ccc(Cl)c(S(=O)(=O)NCc2ccco2)c1. The highest BCUT2D eigenvalue weighted by Crippen LogP contribution is 2.27. The van der Waals surface area contributed by atoms with Crippen LogP contribution >= 0.6 is 11.6 Å². The van der Waals surface area contributed by atoms with Crippen LogP contribution in [-0.2, 0) is 16.6 Å². The van der Waals surface area contributed by atoms with Gasteiger partial charge in [0.25, 0.3) is 5.91 Å². The molecule has 7 nitrogen and oxygen atoms in total. The lowest BCUT2D eigenvalue weighted by molar-refractivity contribution is 0.0962. The average Bonchev–Trinajstić information content (AvgIpc) is 3.29. The third-order valence-corrected chi connectivity index (χ3v) is 5.89. The van der Waals surface area contributed by atoms with Crippen molar-refractivity contribution in [2.24, 2.45) is 0 Å². The van der Waals surface area contributed by atoms with Gasteiger partial charge in [-0.25, -0.2) is 35.1 Å². The van der Waals surface area contributed by atoms with Crippen molar-refractivity contribution in [3.8, 4) is 0 Å². The van der Waals surface area contributed by atoms with Crippen molar-refractivity contribution in [3.05, 3.63) is 82.0 Å². The molecule has 0 fully saturated rings. The van der Waals surface area contributed by atoms with Crippen LogP contribution < -0.4 is 15.6 Å². The molecule has 0 unspecified atom stereocenters. The summed E-state index contributed by atoms with van der Waals surface area (Å²) in [4.78, 5) is 11.8. The molecule has 0 aliphatic heterocycles. The van der Waals surface area contributed by atoms with Crippen LogP contribution in [0.5, 0.6) is 0 Å².